The van der Waals surface area contributed by atoms with Crippen LogP contribution in [0, 0.1) is 0 Å². The SMILES string of the molecule is COC(=O)C(NC(=O)CC1COCCN1)c1ccccc1.Cl. The maximum absolute atomic E-state index is 12.1. The number of hydrogen-bond acceptors (Lipinski definition) is 5. The van der Waals surface area contributed by atoms with Gasteiger partial charge in [0.1, 0.15) is 0 Å². The first-order chi connectivity index (χ1) is 10.2. The Balaban J connectivity index is 0.00000242. The van der Waals surface area contributed by atoms with E-state index in [-0.39, 0.29) is 30.8 Å². The van der Waals surface area contributed by atoms with E-state index in [2.05, 4.69) is 10.6 Å². The summed E-state index contributed by atoms with van der Waals surface area (Å²) < 4.78 is 10.1. The number of nitrogens with one attached hydrogen (secondary N) is 2. The minimum atomic E-state index is -0.784. The number of methoxy groups -OCH3 is 1. The lowest BCUT2D eigenvalue weighted by molar-refractivity contribution is -0.145. The first-order valence-electron chi connectivity index (χ1n) is 6.94. The molecule has 2 atom stereocenters. The molecule has 1 fully saturated rings. The summed E-state index contributed by atoms with van der Waals surface area (Å²) in [5, 5.41) is 5.93. The molecule has 0 aromatic heterocycles. The number of benzene rings is 1. The fourth-order valence-electron chi connectivity index (χ4n) is 2.24. The molecule has 0 saturated carbocycles. The van der Waals surface area contributed by atoms with Crippen LogP contribution in [0.25, 0.3) is 0 Å². The zero-order chi connectivity index (χ0) is 15.1. The summed E-state index contributed by atoms with van der Waals surface area (Å²) in [5.41, 5.74) is 0.700. The Morgan fingerprint density at radius 1 is 1.41 bits per heavy atom. The van der Waals surface area contributed by atoms with Gasteiger partial charge in [-0.05, 0) is 5.56 Å². The third-order valence-electron chi connectivity index (χ3n) is 3.31. The van der Waals surface area contributed by atoms with Gasteiger partial charge in [0, 0.05) is 19.0 Å². The number of hydrogen-bond donors (Lipinski definition) is 2. The Kier molecular flexibility index (Phi) is 7.87. The quantitative estimate of drug-likeness (QED) is 0.783. The molecule has 1 heterocycles. The topological polar surface area (TPSA) is 76.7 Å². The van der Waals surface area contributed by atoms with Gasteiger partial charge in [-0.2, -0.15) is 0 Å². The van der Waals surface area contributed by atoms with Gasteiger partial charge >= 0.3 is 5.97 Å². The number of rotatable bonds is 5. The standard InChI is InChI=1S/C15H20N2O4.ClH/c1-20-15(19)14(11-5-3-2-4-6-11)17-13(18)9-12-10-21-8-7-16-12;/h2-6,12,14,16H,7-10H2,1H3,(H,17,18);1H. The average Bonchev–Trinajstić information content (AvgIpc) is 2.53. The molecule has 122 valence electrons. The minimum absolute atomic E-state index is 0. The number of morpholine rings is 1. The van der Waals surface area contributed by atoms with Crippen molar-refractivity contribution in [1.82, 2.24) is 10.6 Å². The third kappa shape index (κ3) is 5.29. The second-order valence-corrected chi connectivity index (χ2v) is 4.86. The molecule has 1 saturated heterocycles. The van der Waals surface area contributed by atoms with Gasteiger partial charge in [-0.1, -0.05) is 30.3 Å². The number of esters is 1. The van der Waals surface area contributed by atoms with Crippen molar-refractivity contribution in [2.45, 2.75) is 18.5 Å². The molecular weight excluding hydrogens is 308 g/mol. The molecule has 2 unspecified atom stereocenters. The zero-order valence-corrected chi connectivity index (χ0v) is 13.2. The van der Waals surface area contributed by atoms with Crippen molar-refractivity contribution in [3.8, 4) is 0 Å². The van der Waals surface area contributed by atoms with Gasteiger partial charge in [0.2, 0.25) is 5.91 Å². The van der Waals surface area contributed by atoms with Crippen LogP contribution < -0.4 is 10.6 Å². The number of carbonyl (C=O) groups excluding carboxylic acids is 2. The van der Waals surface area contributed by atoms with Gasteiger partial charge in [-0.3, -0.25) is 4.79 Å². The van der Waals surface area contributed by atoms with E-state index in [0.717, 1.165) is 6.54 Å². The molecule has 1 amide bonds. The van der Waals surface area contributed by atoms with Crippen molar-refractivity contribution in [1.29, 1.82) is 0 Å². The van der Waals surface area contributed by atoms with Crippen LogP contribution in [0.4, 0.5) is 0 Å². The smallest absolute Gasteiger partial charge is 0.333 e. The van der Waals surface area contributed by atoms with Crippen molar-refractivity contribution in [2.75, 3.05) is 26.9 Å². The molecule has 0 spiro atoms. The van der Waals surface area contributed by atoms with Crippen LogP contribution in [-0.4, -0.2) is 44.8 Å². The first kappa shape index (κ1) is 18.4. The molecule has 0 bridgehead atoms. The Hall–Kier alpha value is -1.63. The first-order valence-corrected chi connectivity index (χ1v) is 6.94. The fourth-order valence-corrected chi connectivity index (χ4v) is 2.24. The molecule has 2 N–H and O–H groups in total. The van der Waals surface area contributed by atoms with E-state index < -0.39 is 12.0 Å². The highest BCUT2D eigenvalue weighted by molar-refractivity contribution is 5.86. The molecule has 0 radical (unpaired) electrons. The van der Waals surface area contributed by atoms with Gasteiger partial charge in [-0.25, -0.2) is 4.79 Å². The summed E-state index contributed by atoms with van der Waals surface area (Å²) in [6, 6.07) is 8.24. The molecule has 1 aliphatic rings. The van der Waals surface area contributed by atoms with Crippen LogP contribution in [0.2, 0.25) is 0 Å². The van der Waals surface area contributed by atoms with Gasteiger partial charge < -0.3 is 20.1 Å². The Labute approximate surface area is 136 Å². The van der Waals surface area contributed by atoms with Crippen LogP contribution in [0.3, 0.4) is 0 Å². The largest absolute Gasteiger partial charge is 0.467 e. The van der Waals surface area contributed by atoms with Crippen molar-refractivity contribution in [3.63, 3.8) is 0 Å². The van der Waals surface area contributed by atoms with Gasteiger partial charge in [0.25, 0.3) is 0 Å². The number of halogens is 1. The van der Waals surface area contributed by atoms with Gasteiger partial charge in [0.05, 0.1) is 20.3 Å². The lowest BCUT2D eigenvalue weighted by atomic mass is 10.1. The molecule has 2 rings (SSSR count). The van der Waals surface area contributed by atoms with Gasteiger partial charge in [0.15, 0.2) is 6.04 Å². The van der Waals surface area contributed by atoms with Crippen LogP contribution in [0.5, 0.6) is 0 Å². The number of amides is 1. The van der Waals surface area contributed by atoms with Crippen molar-refractivity contribution >= 4 is 24.3 Å². The minimum Gasteiger partial charge on any atom is -0.467 e. The van der Waals surface area contributed by atoms with Crippen LogP contribution in [0.1, 0.15) is 18.0 Å². The second kappa shape index (κ2) is 9.40. The van der Waals surface area contributed by atoms with Crippen LogP contribution >= 0.6 is 12.4 Å². The van der Waals surface area contributed by atoms with E-state index in [1.54, 1.807) is 12.1 Å². The van der Waals surface area contributed by atoms with E-state index in [1.165, 1.54) is 7.11 Å². The summed E-state index contributed by atoms with van der Waals surface area (Å²) in [6.07, 6.45) is 0.264. The monoisotopic (exact) mass is 328 g/mol. The Morgan fingerprint density at radius 3 is 2.73 bits per heavy atom. The molecule has 1 aliphatic heterocycles. The van der Waals surface area contributed by atoms with E-state index in [9.17, 15) is 9.59 Å². The lowest BCUT2D eigenvalue weighted by Crippen LogP contribution is -2.45. The highest BCUT2D eigenvalue weighted by Gasteiger charge is 2.25. The maximum atomic E-state index is 12.1. The lowest BCUT2D eigenvalue weighted by Gasteiger charge is -2.24. The van der Waals surface area contributed by atoms with E-state index in [1.807, 2.05) is 18.2 Å². The summed E-state index contributed by atoms with van der Waals surface area (Å²) in [6.45, 7) is 1.89. The van der Waals surface area contributed by atoms with Crippen molar-refractivity contribution in [3.05, 3.63) is 35.9 Å². The summed E-state index contributed by atoms with van der Waals surface area (Å²) in [5.74, 6) is -0.695. The van der Waals surface area contributed by atoms with E-state index in [4.69, 9.17) is 9.47 Å². The molecular formula is C15H21ClN2O4. The highest BCUT2D eigenvalue weighted by atomic mass is 35.5. The Bertz CT molecular complexity index is 478. The predicted octanol–water partition coefficient (Wildman–Crippen LogP) is 0.817. The number of carbonyl (C=O) groups is 2. The molecule has 6 nitrogen and oxygen atoms in total. The predicted molar refractivity (Wildman–Crippen MR) is 83.8 cm³/mol. The van der Waals surface area contributed by atoms with E-state index in [0.29, 0.717) is 18.8 Å². The van der Waals surface area contributed by atoms with Gasteiger partial charge in [-0.15, -0.1) is 12.4 Å². The fraction of sp³-hybridized carbons (Fsp3) is 0.467. The summed E-state index contributed by atoms with van der Waals surface area (Å²) in [7, 11) is 1.31. The molecule has 7 heteroatoms. The number of ether oxygens (including phenoxy) is 2. The molecule has 1 aromatic rings. The summed E-state index contributed by atoms with van der Waals surface area (Å²) >= 11 is 0. The molecule has 1 aromatic carbocycles. The average molecular weight is 329 g/mol. The highest BCUT2D eigenvalue weighted by Crippen LogP contribution is 2.14. The second-order valence-electron chi connectivity index (χ2n) is 4.86. The van der Waals surface area contributed by atoms with Crippen molar-refractivity contribution < 1.29 is 19.1 Å². The molecule has 0 aliphatic carbocycles. The van der Waals surface area contributed by atoms with Crippen LogP contribution in [0.15, 0.2) is 30.3 Å². The van der Waals surface area contributed by atoms with E-state index >= 15 is 0 Å². The van der Waals surface area contributed by atoms with Crippen LogP contribution in [-0.2, 0) is 19.1 Å². The summed E-state index contributed by atoms with van der Waals surface area (Å²) in [4.78, 5) is 24.0. The normalized spacial score (nSPS) is 18.7. The maximum Gasteiger partial charge on any atom is 0.333 e. The third-order valence-corrected chi connectivity index (χ3v) is 3.31. The van der Waals surface area contributed by atoms with Crippen molar-refractivity contribution in [2.24, 2.45) is 0 Å². The zero-order valence-electron chi connectivity index (χ0n) is 12.4. The molecule has 22 heavy (non-hydrogen) atoms. The Morgan fingerprint density at radius 2 is 2.14 bits per heavy atom.